The molecule has 8 heteroatoms. The molecule has 2 atom stereocenters. The lowest BCUT2D eigenvalue weighted by Gasteiger charge is -2.20. The predicted molar refractivity (Wildman–Crippen MR) is 122 cm³/mol. The highest BCUT2D eigenvalue weighted by atomic mass is 35.5. The molecule has 0 unspecified atom stereocenters. The first-order valence-electron chi connectivity index (χ1n) is 10.4. The molecule has 30 heavy (non-hydrogen) atoms. The van der Waals surface area contributed by atoms with Gasteiger partial charge in [-0.3, -0.25) is 14.6 Å². The molecule has 1 saturated carbocycles. The molecule has 162 valence electrons. The van der Waals surface area contributed by atoms with Crippen molar-refractivity contribution < 1.29 is 9.59 Å². The number of thiophene rings is 1. The average Bonchev–Trinajstić information content (AvgIpc) is 3.41. The summed E-state index contributed by atoms with van der Waals surface area (Å²) in [5.74, 6) is 0.168. The Morgan fingerprint density at radius 2 is 2.03 bits per heavy atom. The van der Waals surface area contributed by atoms with Crippen molar-refractivity contribution in [3.8, 4) is 0 Å². The highest BCUT2D eigenvalue weighted by Crippen LogP contribution is 2.30. The minimum absolute atomic E-state index is 0.0104. The van der Waals surface area contributed by atoms with Gasteiger partial charge in [-0.1, -0.05) is 37.3 Å². The number of hydrogen-bond acceptors (Lipinski definition) is 5. The van der Waals surface area contributed by atoms with E-state index < -0.39 is 6.04 Å². The van der Waals surface area contributed by atoms with Gasteiger partial charge in [-0.2, -0.15) is 0 Å². The molecule has 0 spiro atoms. The molecule has 6 nitrogen and oxygen atoms in total. The molecule has 2 heterocycles. The molecule has 2 amide bonds. The molecule has 1 aliphatic carbocycles. The number of amides is 2. The van der Waals surface area contributed by atoms with Crippen molar-refractivity contribution >= 4 is 40.4 Å². The lowest BCUT2D eigenvalue weighted by molar-refractivity contribution is -0.122. The molecular weight excluding hydrogens is 420 g/mol. The SMILES string of the molecule is CNC(=O)[C@H](CC1CCCC1)NC(=O)c1ccc([C@@H](C)Nc2cc(Cl)cnc2C)s1. The van der Waals surface area contributed by atoms with E-state index in [2.05, 4.69) is 20.9 Å². The van der Waals surface area contributed by atoms with Gasteiger partial charge >= 0.3 is 0 Å². The van der Waals surface area contributed by atoms with E-state index in [1.165, 1.54) is 24.2 Å². The summed E-state index contributed by atoms with van der Waals surface area (Å²) in [5, 5.41) is 9.60. The van der Waals surface area contributed by atoms with E-state index in [0.29, 0.717) is 22.2 Å². The molecule has 1 aliphatic rings. The number of carbonyl (C=O) groups excluding carboxylic acids is 2. The molecule has 2 aromatic heterocycles. The van der Waals surface area contributed by atoms with Gasteiger partial charge in [-0.15, -0.1) is 11.3 Å². The number of carbonyl (C=O) groups is 2. The Bertz CT molecular complexity index is 895. The van der Waals surface area contributed by atoms with Crippen LogP contribution in [0.25, 0.3) is 0 Å². The van der Waals surface area contributed by atoms with Gasteiger partial charge in [0.2, 0.25) is 5.91 Å². The first kappa shape index (κ1) is 22.6. The zero-order valence-corrected chi connectivity index (χ0v) is 19.2. The molecular formula is C22H29ClN4O2S. The second kappa shape index (κ2) is 10.3. The van der Waals surface area contributed by atoms with Gasteiger partial charge in [-0.25, -0.2) is 0 Å². The summed E-state index contributed by atoms with van der Waals surface area (Å²) in [5.41, 5.74) is 1.73. The average molecular weight is 449 g/mol. The normalized spacial score (nSPS) is 16.1. The molecule has 2 aromatic rings. The van der Waals surface area contributed by atoms with E-state index in [1.54, 1.807) is 13.2 Å². The van der Waals surface area contributed by atoms with Gasteiger partial charge in [0.1, 0.15) is 6.04 Å². The fraction of sp³-hybridized carbons (Fsp3) is 0.500. The summed E-state index contributed by atoms with van der Waals surface area (Å²) in [6.45, 7) is 3.95. The Morgan fingerprint density at radius 3 is 2.73 bits per heavy atom. The second-order valence-electron chi connectivity index (χ2n) is 7.88. The Morgan fingerprint density at radius 1 is 1.30 bits per heavy atom. The maximum absolute atomic E-state index is 12.8. The topological polar surface area (TPSA) is 83.1 Å². The number of anilines is 1. The van der Waals surface area contributed by atoms with E-state index in [-0.39, 0.29) is 17.9 Å². The molecule has 3 rings (SSSR count). The van der Waals surface area contributed by atoms with Gasteiger partial charge in [-0.05, 0) is 44.4 Å². The Hall–Kier alpha value is -2.12. The van der Waals surface area contributed by atoms with Crippen molar-refractivity contribution in [1.82, 2.24) is 15.6 Å². The third-order valence-electron chi connectivity index (χ3n) is 5.61. The fourth-order valence-electron chi connectivity index (χ4n) is 3.88. The molecule has 0 radical (unpaired) electrons. The molecule has 3 N–H and O–H groups in total. The van der Waals surface area contributed by atoms with Crippen LogP contribution < -0.4 is 16.0 Å². The largest absolute Gasteiger partial charge is 0.376 e. The van der Waals surface area contributed by atoms with Crippen LogP contribution in [-0.2, 0) is 4.79 Å². The molecule has 0 aromatic carbocycles. The minimum Gasteiger partial charge on any atom is -0.376 e. The van der Waals surface area contributed by atoms with E-state index in [1.807, 2.05) is 32.0 Å². The van der Waals surface area contributed by atoms with Crippen molar-refractivity contribution in [3.05, 3.63) is 44.9 Å². The van der Waals surface area contributed by atoms with Crippen LogP contribution in [0.2, 0.25) is 5.02 Å². The first-order valence-corrected chi connectivity index (χ1v) is 11.6. The quantitative estimate of drug-likeness (QED) is 0.546. The highest BCUT2D eigenvalue weighted by Gasteiger charge is 2.27. The lowest BCUT2D eigenvalue weighted by Crippen LogP contribution is -2.46. The van der Waals surface area contributed by atoms with Crippen LogP contribution in [0.5, 0.6) is 0 Å². The summed E-state index contributed by atoms with van der Waals surface area (Å²) >= 11 is 7.48. The van der Waals surface area contributed by atoms with E-state index >= 15 is 0 Å². The van der Waals surface area contributed by atoms with Crippen molar-refractivity contribution in [2.75, 3.05) is 12.4 Å². The fourth-order valence-corrected chi connectivity index (χ4v) is 4.95. The number of pyridine rings is 1. The molecule has 0 bridgehead atoms. The number of halogens is 1. The van der Waals surface area contributed by atoms with Crippen LogP contribution in [0.15, 0.2) is 24.4 Å². The van der Waals surface area contributed by atoms with Crippen molar-refractivity contribution in [2.45, 2.75) is 58.0 Å². The number of hydrogen-bond donors (Lipinski definition) is 3. The maximum Gasteiger partial charge on any atom is 0.262 e. The summed E-state index contributed by atoms with van der Waals surface area (Å²) in [6.07, 6.45) is 7.00. The first-order chi connectivity index (χ1) is 14.4. The number of aryl methyl sites for hydroxylation is 1. The van der Waals surface area contributed by atoms with Gasteiger partial charge in [0.05, 0.1) is 27.3 Å². The van der Waals surface area contributed by atoms with E-state index in [0.717, 1.165) is 29.1 Å². The van der Waals surface area contributed by atoms with Gasteiger partial charge in [0.25, 0.3) is 5.91 Å². The summed E-state index contributed by atoms with van der Waals surface area (Å²) in [4.78, 5) is 31.0. The van der Waals surface area contributed by atoms with Crippen LogP contribution in [0.1, 0.15) is 65.3 Å². The summed E-state index contributed by atoms with van der Waals surface area (Å²) < 4.78 is 0. The molecule has 0 saturated heterocycles. The van der Waals surface area contributed by atoms with Crippen LogP contribution in [-0.4, -0.2) is 29.9 Å². The Kier molecular flexibility index (Phi) is 7.72. The molecule has 1 fully saturated rings. The van der Waals surface area contributed by atoms with Gasteiger partial charge in [0, 0.05) is 18.1 Å². The predicted octanol–water partition coefficient (Wildman–Crippen LogP) is 4.70. The van der Waals surface area contributed by atoms with Gasteiger partial charge in [0.15, 0.2) is 0 Å². The maximum atomic E-state index is 12.8. The number of nitrogens with zero attached hydrogens (tertiary/aromatic N) is 1. The standard InChI is InChI=1S/C22H29ClN4O2S/c1-13-17(11-16(23)12-25-13)26-14(2)19-8-9-20(30-19)22(29)27-18(21(28)24-3)10-15-6-4-5-7-15/h8-9,11-12,14-15,18,26H,4-7,10H2,1-3H3,(H,24,28)(H,27,29)/t14-,18+/m1/s1. The number of nitrogens with one attached hydrogen (secondary N) is 3. The molecule has 0 aliphatic heterocycles. The van der Waals surface area contributed by atoms with E-state index in [9.17, 15) is 9.59 Å². The monoisotopic (exact) mass is 448 g/mol. The van der Waals surface area contributed by atoms with Crippen LogP contribution >= 0.6 is 22.9 Å². The van der Waals surface area contributed by atoms with Crippen molar-refractivity contribution in [3.63, 3.8) is 0 Å². The second-order valence-corrected chi connectivity index (χ2v) is 9.43. The van der Waals surface area contributed by atoms with Gasteiger partial charge < -0.3 is 16.0 Å². The minimum atomic E-state index is -0.494. The highest BCUT2D eigenvalue weighted by molar-refractivity contribution is 7.14. The third kappa shape index (κ3) is 5.73. The number of likely N-dealkylation sites (N-methyl/N-ethyl adjacent to an activating group) is 1. The van der Waals surface area contributed by atoms with Crippen molar-refractivity contribution in [1.29, 1.82) is 0 Å². The van der Waals surface area contributed by atoms with Crippen LogP contribution in [0.4, 0.5) is 5.69 Å². The lowest BCUT2D eigenvalue weighted by atomic mass is 9.98. The van der Waals surface area contributed by atoms with Crippen molar-refractivity contribution in [2.24, 2.45) is 5.92 Å². The summed E-state index contributed by atoms with van der Waals surface area (Å²) in [6, 6.07) is 5.10. The smallest absolute Gasteiger partial charge is 0.262 e. The Labute approximate surface area is 186 Å². The zero-order chi connectivity index (χ0) is 21.7. The summed E-state index contributed by atoms with van der Waals surface area (Å²) in [7, 11) is 1.61. The van der Waals surface area contributed by atoms with Crippen LogP contribution in [0.3, 0.4) is 0 Å². The number of rotatable bonds is 8. The van der Waals surface area contributed by atoms with Crippen LogP contribution in [0, 0.1) is 12.8 Å². The third-order valence-corrected chi connectivity index (χ3v) is 7.09. The van der Waals surface area contributed by atoms with E-state index in [4.69, 9.17) is 11.6 Å². The zero-order valence-electron chi connectivity index (χ0n) is 17.6. The Balaban J connectivity index is 1.65. The number of aromatic nitrogens is 1.